The number of hydrogen-bond acceptors (Lipinski definition) is 4. The third-order valence-corrected chi connectivity index (χ3v) is 4.42. The van der Waals surface area contributed by atoms with Crippen molar-refractivity contribution in [1.29, 1.82) is 0 Å². The van der Waals surface area contributed by atoms with Gasteiger partial charge in [0.2, 0.25) is 5.91 Å². The minimum absolute atomic E-state index is 0.130. The number of nitrogens with zero attached hydrogens (tertiary/aromatic N) is 2. The number of carboxylic acid groups (broad SMARTS) is 1. The molecule has 2 amide bonds. The fourth-order valence-corrected chi connectivity index (χ4v) is 3.04. The van der Waals surface area contributed by atoms with Gasteiger partial charge in [-0.2, -0.15) is 0 Å². The van der Waals surface area contributed by atoms with E-state index < -0.39 is 17.5 Å². The number of carboxylic acids is 1. The van der Waals surface area contributed by atoms with E-state index >= 15 is 0 Å². The minimum atomic E-state index is -0.835. The van der Waals surface area contributed by atoms with Gasteiger partial charge < -0.3 is 19.6 Å². The summed E-state index contributed by atoms with van der Waals surface area (Å²) >= 11 is 0. The lowest BCUT2D eigenvalue weighted by molar-refractivity contribution is -0.144. The van der Waals surface area contributed by atoms with Crippen molar-refractivity contribution in [3.8, 4) is 0 Å². The number of hydrogen-bond donors (Lipinski definition) is 1. The van der Waals surface area contributed by atoms with Crippen LogP contribution in [0, 0.1) is 11.8 Å². The Kier molecular flexibility index (Phi) is 6.08. The van der Waals surface area contributed by atoms with Crippen molar-refractivity contribution >= 4 is 18.0 Å². The number of aliphatic carboxylic acids is 1. The average molecular weight is 352 g/mol. The molecule has 2 aliphatic heterocycles. The molecule has 2 fully saturated rings. The number of allylic oxidation sites excluding steroid dienone is 1. The van der Waals surface area contributed by atoms with Gasteiger partial charge >= 0.3 is 12.1 Å². The molecule has 0 bridgehead atoms. The molecule has 7 nitrogen and oxygen atoms in total. The van der Waals surface area contributed by atoms with Gasteiger partial charge in [0, 0.05) is 26.2 Å². The number of carbonyl (C=O) groups is 3. The van der Waals surface area contributed by atoms with Crippen LogP contribution in [0.15, 0.2) is 12.2 Å². The predicted octanol–water partition coefficient (Wildman–Crippen LogP) is 2.12. The fourth-order valence-electron chi connectivity index (χ4n) is 3.04. The Hall–Kier alpha value is -2.05. The average Bonchev–Trinajstić information content (AvgIpc) is 2.47. The Balaban J connectivity index is 1.69. The molecule has 0 radical (unpaired) electrons. The molecule has 7 heteroatoms. The number of amides is 2. The van der Waals surface area contributed by atoms with Crippen molar-refractivity contribution in [2.45, 2.75) is 45.6 Å². The molecule has 1 atom stereocenters. The van der Waals surface area contributed by atoms with Crippen LogP contribution in [0.2, 0.25) is 0 Å². The molecule has 0 aromatic heterocycles. The molecule has 2 rings (SSSR count). The first-order chi connectivity index (χ1) is 11.7. The maximum Gasteiger partial charge on any atom is 0.410 e. The van der Waals surface area contributed by atoms with Crippen LogP contribution in [0.5, 0.6) is 0 Å². The van der Waals surface area contributed by atoms with Gasteiger partial charge in [0.25, 0.3) is 0 Å². The van der Waals surface area contributed by atoms with E-state index in [2.05, 4.69) is 0 Å². The predicted molar refractivity (Wildman–Crippen MR) is 92.0 cm³/mol. The third-order valence-electron chi connectivity index (χ3n) is 4.42. The maximum atomic E-state index is 12.1. The summed E-state index contributed by atoms with van der Waals surface area (Å²) in [5, 5.41) is 9.07. The van der Waals surface area contributed by atoms with E-state index in [4.69, 9.17) is 9.84 Å². The minimum Gasteiger partial charge on any atom is -0.481 e. The van der Waals surface area contributed by atoms with Gasteiger partial charge in [-0.1, -0.05) is 6.08 Å². The second-order valence-electron chi connectivity index (χ2n) is 7.85. The van der Waals surface area contributed by atoms with Gasteiger partial charge in [-0.25, -0.2) is 4.79 Å². The molecule has 140 valence electrons. The highest BCUT2D eigenvalue weighted by Crippen LogP contribution is 2.22. The van der Waals surface area contributed by atoms with E-state index in [9.17, 15) is 14.4 Å². The zero-order chi connectivity index (χ0) is 18.6. The van der Waals surface area contributed by atoms with Crippen molar-refractivity contribution in [3.05, 3.63) is 12.2 Å². The second-order valence-corrected chi connectivity index (χ2v) is 7.85. The largest absolute Gasteiger partial charge is 0.481 e. The summed E-state index contributed by atoms with van der Waals surface area (Å²) in [5.41, 5.74) is -0.489. The summed E-state index contributed by atoms with van der Waals surface area (Å²) < 4.78 is 5.30. The first kappa shape index (κ1) is 19.3. The molecular formula is C18H28N2O5. The normalized spacial score (nSPS) is 22.0. The van der Waals surface area contributed by atoms with Crippen LogP contribution in [-0.2, 0) is 14.3 Å². The molecular weight excluding hydrogens is 324 g/mol. The van der Waals surface area contributed by atoms with E-state index in [1.165, 1.54) is 6.08 Å². The molecule has 2 aliphatic rings. The number of piperidine rings is 1. The van der Waals surface area contributed by atoms with E-state index in [0.717, 1.165) is 12.8 Å². The summed E-state index contributed by atoms with van der Waals surface area (Å²) in [4.78, 5) is 38.3. The lowest BCUT2D eigenvalue weighted by atomic mass is 9.96. The van der Waals surface area contributed by atoms with Crippen molar-refractivity contribution in [2.24, 2.45) is 11.8 Å². The van der Waals surface area contributed by atoms with Crippen LogP contribution >= 0.6 is 0 Å². The Bertz CT molecular complexity index is 546. The van der Waals surface area contributed by atoms with Crippen LogP contribution in [0.25, 0.3) is 0 Å². The monoisotopic (exact) mass is 352 g/mol. The fraction of sp³-hybridized carbons (Fsp3) is 0.722. The lowest BCUT2D eigenvalue weighted by Gasteiger charge is -2.39. The Morgan fingerprint density at radius 2 is 1.84 bits per heavy atom. The quantitative estimate of drug-likeness (QED) is 0.783. The highest BCUT2D eigenvalue weighted by molar-refractivity contribution is 5.88. The molecule has 0 aromatic rings. The molecule has 2 saturated heterocycles. The topological polar surface area (TPSA) is 87.2 Å². The van der Waals surface area contributed by atoms with E-state index in [0.29, 0.717) is 32.0 Å². The Labute approximate surface area is 148 Å². The number of likely N-dealkylation sites (tertiary alicyclic amines) is 2. The highest BCUT2D eigenvalue weighted by Gasteiger charge is 2.33. The zero-order valence-corrected chi connectivity index (χ0v) is 15.2. The van der Waals surface area contributed by atoms with Crippen molar-refractivity contribution in [3.63, 3.8) is 0 Å². The molecule has 0 aromatic carbocycles. The van der Waals surface area contributed by atoms with Crippen LogP contribution in [0.3, 0.4) is 0 Å². The van der Waals surface area contributed by atoms with Gasteiger partial charge in [0.1, 0.15) is 5.60 Å². The van der Waals surface area contributed by atoms with Crippen LogP contribution in [0.1, 0.15) is 40.0 Å². The maximum absolute atomic E-state index is 12.1. The van der Waals surface area contributed by atoms with Crippen molar-refractivity contribution in [2.75, 3.05) is 26.2 Å². The first-order valence-corrected chi connectivity index (χ1v) is 8.82. The number of ether oxygens (including phenoxy) is 1. The van der Waals surface area contributed by atoms with Crippen molar-refractivity contribution < 1.29 is 24.2 Å². The van der Waals surface area contributed by atoms with Gasteiger partial charge in [-0.15, -0.1) is 0 Å². The van der Waals surface area contributed by atoms with Gasteiger partial charge in [0.05, 0.1) is 5.92 Å². The van der Waals surface area contributed by atoms with E-state index in [-0.39, 0.29) is 18.5 Å². The van der Waals surface area contributed by atoms with Crippen LogP contribution in [-0.4, -0.2) is 64.7 Å². The van der Waals surface area contributed by atoms with Crippen molar-refractivity contribution in [1.82, 2.24) is 9.80 Å². The highest BCUT2D eigenvalue weighted by atomic mass is 16.6. The lowest BCUT2D eigenvalue weighted by Crippen LogP contribution is -2.51. The third kappa shape index (κ3) is 5.76. The Morgan fingerprint density at radius 3 is 2.44 bits per heavy atom. The van der Waals surface area contributed by atoms with E-state index in [1.807, 2.05) is 26.8 Å². The molecule has 0 spiro atoms. The smallest absolute Gasteiger partial charge is 0.410 e. The molecule has 25 heavy (non-hydrogen) atoms. The molecule has 1 N–H and O–H groups in total. The van der Waals surface area contributed by atoms with Crippen LogP contribution < -0.4 is 0 Å². The zero-order valence-electron chi connectivity index (χ0n) is 15.2. The summed E-state index contributed by atoms with van der Waals surface area (Å²) in [7, 11) is 0. The summed E-state index contributed by atoms with van der Waals surface area (Å²) in [5.74, 6) is -1.09. The summed E-state index contributed by atoms with van der Waals surface area (Å²) in [6.07, 6.45) is 5.14. The molecule has 0 aliphatic carbocycles. The van der Waals surface area contributed by atoms with E-state index in [1.54, 1.807) is 9.80 Å². The van der Waals surface area contributed by atoms with Gasteiger partial charge in [0.15, 0.2) is 0 Å². The number of rotatable bonds is 4. The molecule has 0 saturated carbocycles. The Morgan fingerprint density at radius 1 is 1.16 bits per heavy atom. The molecule has 0 unspecified atom stereocenters. The number of carbonyl (C=O) groups excluding carboxylic acids is 2. The summed E-state index contributed by atoms with van der Waals surface area (Å²) in [6, 6.07) is 0. The van der Waals surface area contributed by atoms with Gasteiger partial charge in [-0.05, 0) is 52.0 Å². The summed E-state index contributed by atoms with van der Waals surface area (Å²) in [6.45, 7) is 7.69. The first-order valence-electron chi connectivity index (χ1n) is 8.82. The standard InChI is InChI=1S/C18H28N2O5/c1-18(2,3)25-17(24)20-10-13(11-20)6-4-8-15(21)19-9-5-7-14(12-19)16(22)23/h4,8,13-14H,5-7,9-12H2,1-3H3,(H,22,23)/t14-/m1/s1. The SMILES string of the molecule is CC(C)(C)OC(=O)N1CC(CC=CC(=O)N2CCC[C@@H](C(=O)O)C2)C1. The molecule has 2 heterocycles. The second kappa shape index (κ2) is 7.89. The van der Waals surface area contributed by atoms with Crippen LogP contribution in [0.4, 0.5) is 4.79 Å². The van der Waals surface area contributed by atoms with Gasteiger partial charge in [-0.3, -0.25) is 9.59 Å².